The number of nitrogens with zero attached hydrogens (tertiary/aromatic N) is 2. The molecule has 0 aromatic heterocycles. The van der Waals surface area contributed by atoms with Crippen LogP contribution in [0, 0.1) is 16.0 Å². The molecule has 1 atom stereocenters. The molecule has 2 rings (SSSR count). The van der Waals surface area contributed by atoms with E-state index in [4.69, 9.17) is 5.73 Å². The Labute approximate surface area is 117 Å². The van der Waals surface area contributed by atoms with Gasteiger partial charge < -0.3 is 5.73 Å². The minimum atomic E-state index is -3.88. The van der Waals surface area contributed by atoms with Crippen molar-refractivity contribution in [3.05, 3.63) is 28.3 Å². The lowest BCUT2D eigenvalue weighted by Crippen LogP contribution is -2.39. The van der Waals surface area contributed by atoms with Crippen LogP contribution in [0.1, 0.15) is 19.8 Å². The number of nitrogen functional groups attached to an aromatic ring is 1. The van der Waals surface area contributed by atoms with Crippen molar-refractivity contribution in [3.8, 4) is 0 Å². The van der Waals surface area contributed by atoms with Crippen LogP contribution in [0.4, 0.5) is 11.4 Å². The number of anilines is 1. The molecule has 0 aliphatic carbocycles. The predicted octanol–water partition coefficient (Wildman–Crippen LogP) is 1.60. The van der Waals surface area contributed by atoms with Crippen molar-refractivity contribution in [2.75, 3.05) is 18.8 Å². The van der Waals surface area contributed by atoms with Gasteiger partial charge in [-0.1, -0.05) is 13.0 Å². The SMILES string of the molecule is CC1CCCN(S(=O)(=O)c2cccc(N)c2[N+](=O)[O-])C1. The monoisotopic (exact) mass is 299 g/mol. The lowest BCUT2D eigenvalue weighted by Gasteiger charge is -2.29. The van der Waals surface area contributed by atoms with E-state index in [-0.39, 0.29) is 16.5 Å². The summed E-state index contributed by atoms with van der Waals surface area (Å²) in [6.07, 6.45) is 1.72. The van der Waals surface area contributed by atoms with E-state index in [0.29, 0.717) is 13.1 Å². The maximum absolute atomic E-state index is 12.6. The molecule has 20 heavy (non-hydrogen) atoms. The Morgan fingerprint density at radius 3 is 2.75 bits per heavy atom. The van der Waals surface area contributed by atoms with E-state index in [9.17, 15) is 18.5 Å². The first kappa shape index (κ1) is 14.7. The second kappa shape index (κ2) is 5.37. The summed E-state index contributed by atoms with van der Waals surface area (Å²) in [7, 11) is -3.88. The first-order chi connectivity index (χ1) is 9.34. The van der Waals surface area contributed by atoms with Crippen LogP contribution in [0.5, 0.6) is 0 Å². The van der Waals surface area contributed by atoms with E-state index < -0.39 is 20.6 Å². The normalized spacial score (nSPS) is 20.8. The summed E-state index contributed by atoms with van der Waals surface area (Å²) < 4.78 is 26.5. The minimum absolute atomic E-state index is 0.138. The van der Waals surface area contributed by atoms with Gasteiger partial charge in [-0.25, -0.2) is 8.42 Å². The summed E-state index contributed by atoms with van der Waals surface area (Å²) in [5.74, 6) is 0.249. The van der Waals surface area contributed by atoms with Crippen LogP contribution in [0.3, 0.4) is 0 Å². The molecule has 1 aromatic rings. The minimum Gasteiger partial charge on any atom is -0.393 e. The van der Waals surface area contributed by atoms with Crippen molar-refractivity contribution in [1.82, 2.24) is 4.31 Å². The molecule has 8 heteroatoms. The predicted molar refractivity (Wildman–Crippen MR) is 74.7 cm³/mol. The van der Waals surface area contributed by atoms with Crippen LogP contribution in [0.25, 0.3) is 0 Å². The Bertz CT molecular complexity index is 630. The van der Waals surface area contributed by atoms with E-state index in [0.717, 1.165) is 12.8 Å². The molecule has 110 valence electrons. The van der Waals surface area contributed by atoms with Gasteiger partial charge in [0.05, 0.1) is 4.92 Å². The summed E-state index contributed by atoms with van der Waals surface area (Å²) >= 11 is 0. The number of rotatable bonds is 3. The van der Waals surface area contributed by atoms with Gasteiger partial charge in [-0.3, -0.25) is 10.1 Å². The summed E-state index contributed by atoms with van der Waals surface area (Å²) in [6.45, 7) is 2.74. The second-order valence-corrected chi connectivity index (χ2v) is 6.97. The standard InChI is InChI=1S/C12H17N3O4S/c1-9-4-3-7-14(8-9)20(18,19)11-6-2-5-10(13)12(11)15(16)17/h2,5-6,9H,3-4,7-8,13H2,1H3. The van der Waals surface area contributed by atoms with Crippen molar-refractivity contribution in [2.45, 2.75) is 24.7 Å². The highest BCUT2D eigenvalue weighted by atomic mass is 32.2. The van der Waals surface area contributed by atoms with E-state index in [2.05, 4.69) is 0 Å². The third-order valence-electron chi connectivity index (χ3n) is 3.45. The van der Waals surface area contributed by atoms with Gasteiger partial charge in [0.2, 0.25) is 10.0 Å². The Balaban J connectivity index is 2.49. The summed E-state index contributed by atoms with van der Waals surface area (Å²) in [4.78, 5) is 10.0. The molecule has 0 amide bonds. The largest absolute Gasteiger partial charge is 0.393 e. The van der Waals surface area contributed by atoms with Crippen molar-refractivity contribution in [1.29, 1.82) is 0 Å². The molecule has 1 aromatic carbocycles. The summed E-state index contributed by atoms with van der Waals surface area (Å²) in [5, 5.41) is 11.1. The molecule has 0 bridgehead atoms. The number of hydrogen-bond donors (Lipinski definition) is 1. The smallest absolute Gasteiger partial charge is 0.312 e. The van der Waals surface area contributed by atoms with Crippen LogP contribution in [-0.4, -0.2) is 30.7 Å². The van der Waals surface area contributed by atoms with Gasteiger partial charge in [0.1, 0.15) is 5.69 Å². The van der Waals surface area contributed by atoms with Crippen LogP contribution in [0.15, 0.2) is 23.1 Å². The Kier molecular flexibility index (Phi) is 3.96. The first-order valence-electron chi connectivity index (χ1n) is 6.37. The molecule has 1 saturated heterocycles. The van der Waals surface area contributed by atoms with Gasteiger partial charge in [-0.2, -0.15) is 4.31 Å². The van der Waals surface area contributed by atoms with Gasteiger partial charge in [-0.15, -0.1) is 0 Å². The first-order valence-corrected chi connectivity index (χ1v) is 7.81. The van der Waals surface area contributed by atoms with Gasteiger partial charge in [0.25, 0.3) is 0 Å². The topological polar surface area (TPSA) is 107 Å². The molecule has 0 spiro atoms. The maximum atomic E-state index is 12.6. The van der Waals surface area contributed by atoms with Gasteiger partial charge in [-0.05, 0) is 30.9 Å². The van der Waals surface area contributed by atoms with Gasteiger partial charge >= 0.3 is 5.69 Å². The van der Waals surface area contributed by atoms with Crippen LogP contribution in [0.2, 0.25) is 0 Å². The van der Waals surface area contributed by atoms with E-state index >= 15 is 0 Å². The number of nitrogens with two attached hydrogens (primary N) is 1. The van der Waals surface area contributed by atoms with Crippen LogP contribution in [-0.2, 0) is 10.0 Å². The Morgan fingerprint density at radius 1 is 1.45 bits per heavy atom. The molecular formula is C12H17N3O4S. The number of nitro benzene ring substituents is 1. The lowest BCUT2D eigenvalue weighted by atomic mass is 10.0. The van der Waals surface area contributed by atoms with Crippen molar-refractivity contribution in [2.24, 2.45) is 5.92 Å². The average molecular weight is 299 g/mol. The van der Waals surface area contributed by atoms with Crippen LogP contribution >= 0.6 is 0 Å². The maximum Gasteiger partial charge on any atom is 0.312 e. The number of benzene rings is 1. The molecule has 0 radical (unpaired) electrons. The highest BCUT2D eigenvalue weighted by Gasteiger charge is 2.34. The quantitative estimate of drug-likeness (QED) is 0.518. The van der Waals surface area contributed by atoms with Gasteiger partial charge in [0, 0.05) is 13.1 Å². The Morgan fingerprint density at radius 2 is 2.15 bits per heavy atom. The number of sulfonamides is 1. The molecule has 1 heterocycles. The van der Waals surface area contributed by atoms with Crippen molar-refractivity contribution < 1.29 is 13.3 Å². The van der Waals surface area contributed by atoms with E-state index in [1.165, 1.54) is 22.5 Å². The third-order valence-corrected chi connectivity index (χ3v) is 5.35. The zero-order chi connectivity index (χ0) is 14.9. The fourth-order valence-electron chi connectivity index (χ4n) is 2.45. The molecule has 2 N–H and O–H groups in total. The zero-order valence-corrected chi connectivity index (χ0v) is 12.0. The van der Waals surface area contributed by atoms with E-state index in [1.54, 1.807) is 0 Å². The second-order valence-electron chi connectivity index (χ2n) is 5.06. The summed E-state index contributed by atoms with van der Waals surface area (Å²) in [5.41, 5.74) is 4.88. The number of para-hydroxylation sites is 1. The lowest BCUT2D eigenvalue weighted by molar-refractivity contribution is -0.386. The van der Waals surface area contributed by atoms with Crippen molar-refractivity contribution in [3.63, 3.8) is 0 Å². The van der Waals surface area contributed by atoms with E-state index in [1.807, 2.05) is 6.92 Å². The molecule has 1 aliphatic heterocycles. The van der Waals surface area contributed by atoms with Crippen molar-refractivity contribution >= 4 is 21.4 Å². The number of hydrogen-bond acceptors (Lipinski definition) is 5. The zero-order valence-electron chi connectivity index (χ0n) is 11.2. The summed E-state index contributed by atoms with van der Waals surface area (Å²) in [6, 6.07) is 3.99. The number of piperidine rings is 1. The fourth-order valence-corrected chi connectivity index (χ4v) is 4.23. The van der Waals surface area contributed by atoms with Gasteiger partial charge in [0.15, 0.2) is 4.90 Å². The molecule has 7 nitrogen and oxygen atoms in total. The molecular weight excluding hydrogens is 282 g/mol. The van der Waals surface area contributed by atoms with Crippen LogP contribution < -0.4 is 5.73 Å². The average Bonchev–Trinajstić information content (AvgIpc) is 2.38. The molecule has 1 unspecified atom stereocenters. The molecule has 1 aliphatic rings. The highest BCUT2D eigenvalue weighted by molar-refractivity contribution is 7.89. The fraction of sp³-hybridized carbons (Fsp3) is 0.500. The molecule has 0 saturated carbocycles. The highest BCUT2D eigenvalue weighted by Crippen LogP contribution is 2.33. The molecule has 1 fully saturated rings. The third kappa shape index (κ3) is 2.61. The number of nitro groups is 1. The Hall–Kier alpha value is -1.67.